The van der Waals surface area contributed by atoms with Gasteiger partial charge in [-0.15, -0.1) is 0 Å². The highest BCUT2D eigenvalue weighted by molar-refractivity contribution is 9.10. The number of esters is 1. The molecule has 4 rings (SSSR count). The van der Waals surface area contributed by atoms with Crippen molar-refractivity contribution in [2.24, 2.45) is 0 Å². The molecule has 9 nitrogen and oxygen atoms in total. The summed E-state index contributed by atoms with van der Waals surface area (Å²) >= 11 is 3.39. The first-order chi connectivity index (χ1) is 15.0. The van der Waals surface area contributed by atoms with E-state index < -0.39 is 0 Å². The van der Waals surface area contributed by atoms with Crippen LogP contribution in [0.5, 0.6) is 5.75 Å². The first-order valence-electron chi connectivity index (χ1n) is 9.90. The SMILES string of the molecule is CCOC(=O)Cn1cc(-c2nc(N3CCC(Oc4cc(F)ccc4Br)CC3)no2)cn1. The van der Waals surface area contributed by atoms with Gasteiger partial charge in [0.05, 0.1) is 22.8 Å². The van der Waals surface area contributed by atoms with Crippen LogP contribution in [0.15, 0.2) is 39.6 Å². The Kier molecular flexibility index (Phi) is 6.50. The largest absolute Gasteiger partial charge is 0.489 e. The molecule has 11 heteroatoms. The minimum Gasteiger partial charge on any atom is -0.489 e. The normalized spacial score (nSPS) is 14.6. The Morgan fingerprint density at radius 3 is 2.94 bits per heavy atom. The van der Waals surface area contributed by atoms with Gasteiger partial charge >= 0.3 is 5.97 Å². The fourth-order valence-electron chi connectivity index (χ4n) is 3.28. The van der Waals surface area contributed by atoms with Gasteiger partial charge in [-0.25, -0.2) is 4.39 Å². The number of carbonyl (C=O) groups excluding carboxylic acids is 1. The molecule has 0 aliphatic carbocycles. The van der Waals surface area contributed by atoms with Crippen LogP contribution < -0.4 is 9.64 Å². The smallest absolute Gasteiger partial charge is 0.327 e. The predicted octanol–water partition coefficient (Wildman–Crippen LogP) is 3.45. The summed E-state index contributed by atoms with van der Waals surface area (Å²) in [5.41, 5.74) is 0.622. The number of carbonyl (C=O) groups is 1. The van der Waals surface area contributed by atoms with Crippen LogP contribution in [0.2, 0.25) is 0 Å². The lowest BCUT2D eigenvalue weighted by Gasteiger charge is -2.31. The molecule has 1 saturated heterocycles. The molecule has 2 aromatic heterocycles. The van der Waals surface area contributed by atoms with Crippen LogP contribution >= 0.6 is 15.9 Å². The zero-order valence-corrected chi connectivity index (χ0v) is 18.4. The second kappa shape index (κ2) is 9.46. The highest BCUT2D eigenvalue weighted by Gasteiger charge is 2.25. The monoisotopic (exact) mass is 493 g/mol. The molecule has 0 unspecified atom stereocenters. The third-order valence-electron chi connectivity index (χ3n) is 4.80. The molecule has 0 amide bonds. The van der Waals surface area contributed by atoms with E-state index in [9.17, 15) is 9.18 Å². The van der Waals surface area contributed by atoms with Gasteiger partial charge < -0.3 is 18.9 Å². The van der Waals surface area contributed by atoms with Gasteiger partial charge in [-0.05, 0) is 40.1 Å². The van der Waals surface area contributed by atoms with Crippen molar-refractivity contribution in [2.75, 3.05) is 24.6 Å². The van der Waals surface area contributed by atoms with Crippen molar-refractivity contribution in [3.05, 3.63) is 40.9 Å². The maximum Gasteiger partial charge on any atom is 0.327 e. The maximum atomic E-state index is 13.5. The second-order valence-electron chi connectivity index (χ2n) is 7.01. The first kappa shape index (κ1) is 21.3. The van der Waals surface area contributed by atoms with Crippen LogP contribution in [0.4, 0.5) is 10.3 Å². The van der Waals surface area contributed by atoms with Crippen molar-refractivity contribution in [3.8, 4) is 17.2 Å². The topological polar surface area (TPSA) is 95.5 Å². The van der Waals surface area contributed by atoms with Gasteiger partial charge in [0, 0.05) is 38.2 Å². The molecule has 0 bridgehead atoms. The van der Waals surface area contributed by atoms with Crippen LogP contribution in [-0.4, -0.2) is 51.7 Å². The number of ether oxygens (including phenoxy) is 2. The lowest BCUT2D eigenvalue weighted by Crippen LogP contribution is -2.38. The Balaban J connectivity index is 1.34. The highest BCUT2D eigenvalue weighted by Crippen LogP contribution is 2.29. The van der Waals surface area contributed by atoms with Crippen molar-refractivity contribution in [1.29, 1.82) is 0 Å². The number of rotatable bonds is 7. The summed E-state index contributed by atoms with van der Waals surface area (Å²) in [5.74, 6) is 0.616. The first-order valence-corrected chi connectivity index (χ1v) is 10.7. The van der Waals surface area contributed by atoms with E-state index in [1.807, 2.05) is 4.90 Å². The molecule has 0 atom stereocenters. The minimum absolute atomic E-state index is 0.0176. The lowest BCUT2D eigenvalue weighted by molar-refractivity contribution is -0.144. The van der Waals surface area contributed by atoms with Gasteiger partial charge in [-0.1, -0.05) is 0 Å². The number of anilines is 1. The van der Waals surface area contributed by atoms with Crippen LogP contribution in [-0.2, 0) is 16.1 Å². The third-order valence-corrected chi connectivity index (χ3v) is 5.46. The Labute approximate surface area is 186 Å². The fourth-order valence-corrected chi connectivity index (χ4v) is 3.62. The zero-order chi connectivity index (χ0) is 21.8. The molecule has 0 spiro atoms. The van der Waals surface area contributed by atoms with Gasteiger partial charge in [0.2, 0.25) is 0 Å². The molecule has 0 radical (unpaired) electrons. The quantitative estimate of drug-likeness (QED) is 0.461. The Morgan fingerprint density at radius 2 is 2.16 bits per heavy atom. The maximum absolute atomic E-state index is 13.5. The van der Waals surface area contributed by atoms with E-state index in [0.29, 0.717) is 42.8 Å². The molecule has 1 aromatic carbocycles. The van der Waals surface area contributed by atoms with Crippen LogP contribution in [0, 0.1) is 5.82 Å². The average Bonchev–Trinajstić information content (AvgIpc) is 3.41. The molecule has 1 aliphatic heterocycles. The van der Waals surface area contributed by atoms with E-state index in [1.165, 1.54) is 16.8 Å². The number of hydrogen-bond acceptors (Lipinski definition) is 8. The van der Waals surface area contributed by atoms with Gasteiger partial charge in [0.15, 0.2) is 0 Å². The number of aromatic nitrogens is 4. The van der Waals surface area contributed by atoms with Crippen molar-refractivity contribution in [1.82, 2.24) is 19.9 Å². The standard InChI is InChI=1S/C20H21BrFN5O4/c1-2-29-18(28)12-27-11-13(10-23-27)19-24-20(25-31-19)26-7-5-15(6-8-26)30-17-9-14(22)3-4-16(17)21/h3-4,9-11,15H,2,5-8,12H2,1H3. The Morgan fingerprint density at radius 1 is 1.35 bits per heavy atom. The average molecular weight is 494 g/mol. The van der Waals surface area contributed by atoms with E-state index in [4.69, 9.17) is 14.0 Å². The van der Waals surface area contributed by atoms with Crippen LogP contribution in [0.3, 0.4) is 0 Å². The molecule has 3 aromatic rings. The van der Waals surface area contributed by atoms with Gasteiger partial charge in [-0.2, -0.15) is 10.1 Å². The van der Waals surface area contributed by atoms with Gasteiger partial charge in [-0.3, -0.25) is 9.48 Å². The van der Waals surface area contributed by atoms with Crippen molar-refractivity contribution >= 4 is 27.8 Å². The summed E-state index contributed by atoms with van der Waals surface area (Å²) in [6.07, 6.45) is 4.68. The number of benzene rings is 1. The summed E-state index contributed by atoms with van der Waals surface area (Å²) in [7, 11) is 0. The molecule has 0 saturated carbocycles. The molecule has 164 valence electrons. The third kappa shape index (κ3) is 5.22. The van der Waals surface area contributed by atoms with E-state index >= 15 is 0 Å². The highest BCUT2D eigenvalue weighted by atomic mass is 79.9. The lowest BCUT2D eigenvalue weighted by atomic mass is 10.1. The summed E-state index contributed by atoms with van der Waals surface area (Å²) in [4.78, 5) is 18.0. The second-order valence-corrected chi connectivity index (χ2v) is 7.86. The summed E-state index contributed by atoms with van der Waals surface area (Å²) < 4.78 is 31.9. The molecule has 0 N–H and O–H groups in total. The Hall–Kier alpha value is -2.95. The summed E-state index contributed by atoms with van der Waals surface area (Å²) in [5, 5.41) is 8.19. The minimum atomic E-state index is -0.362. The zero-order valence-electron chi connectivity index (χ0n) is 16.8. The molecule has 3 heterocycles. The number of piperidine rings is 1. The van der Waals surface area contributed by atoms with Crippen molar-refractivity contribution in [2.45, 2.75) is 32.4 Å². The molecule has 1 fully saturated rings. The number of nitrogens with zero attached hydrogens (tertiary/aromatic N) is 5. The number of hydrogen-bond donors (Lipinski definition) is 0. The fraction of sp³-hybridized carbons (Fsp3) is 0.400. The van der Waals surface area contributed by atoms with Crippen molar-refractivity contribution < 1.29 is 23.2 Å². The van der Waals surface area contributed by atoms with E-state index in [-0.39, 0.29) is 24.4 Å². The molecule has 31 heavy (non-hydrogen) atoms. The predicted molar refractivity (Wildman–Crippen MR) is 112 cm³/mol. The van der Waals surface area contributed by atoms with Gasteiger partial charge in [0.1, 0.15) is 24.2 Å². The van der Waals surface area contributed by atoms with Crippen LogP contribution in [0.1, 0.15) is 19.8 Å². The van der Waals surface area contributed by atoms with E-state index in [2.05, 4.69) is 31.2 Å². The number of halogens is 2. The molecule has 1 aliphatic rings. The van der Waals surface area contributed by atoms with Crippen LogP contribution in [0.25, 0.3) is 11.5 Å². The summed E-state index contributed by atoms with van der Waals surface area (Å²) in [6, 6.07) is 4.40. The molecular formula is C20H21BrFN5O4. The summed E-state index contributed by atoms with van der Waals surface area (Å²) in [6.45, 7) is 3.45. The molecular weight excluding hydrogens is 473 g/mol. The van der Waals surface area contributed by atoms with Gasteiger partial charge in [0.25, 0.3) is 11.8 Å². The Bertz CT molecular complexity index is 1050. The van der Waals surface area contributed by atoms with Crippen molar-refractivity contribution in [3.63, 3.8) is 0 Å². The van der Waals surface area contributed by atoms with E-state index in [1.54, 1.807) is 25.4 Å². The van der Waals surface area contributed by atoms with E-state index in [0.717, 1.165) is 17.3 Å².